The molecular weight excluding hydrogens is 156 g/mol. The Morgan fingerprint density at radius 3 is 2.75 bits per heavy atom. The zero-order chi connectivity index (χ0) is 9.40. The van der Waals surface area contributed by atoms with E-state index in [1.54, 1.807) is 6.08 Å². The summed E-state index contributed by atoms with van der Waals surface area (Å²) in [5.74, 6) is -0.634. The van der Waals surface area contributed by atoms with E-state index < -0.39 is 5.97 Å². The molecule has 0 amide bonds. The van der Waals surface area contributed by atoms with Crippen LogP contribution < -0.4 is 0 Å². The number of nitrogens with zero attached hydrogens (tertiary/aromatic N) is 2. The third-order valence-electron chi connectivity index (χ3n) is 1.23. The number of esters is 1. The van der Waals surface area contributed by atoms with Crippen LogP contribution in [0.15, 0.2) is 12.2 Å². The van der Waals surface area contributed by atoms with Crippen molar-refractivity contribution in [3.8, 4) is 0 Å². The number of rotatable bonds is 4. The maximum atomic E-state index is 10.8. The highest BCUT2D eigenvalue weighted by molar-refractivity contribution is 6.38. The SMILES string of the molecule is CCC/C=C/C(=[N+]=[N-])C(=O)OC. The number of ether oxygens (including phenoxy) is 1. The molecule has 0 spiro atoms. The minimum absolute atomic E-state index is 0.0778. The van der Waals surface area contributed by atoms with Crippen LogP contribution in [-0.2, 0) is 9.53 Å². The van der Waals surface area contributed by atoms with Crippen molar-refractivity contribution < 1.29 is 14.3 Å². The molecule has 0 saturated heterocycles. The topological polar surface area (TPSA) is 62.7 Å². The van der Waals surface area contributed by atoms with Crippen LogP contribution in [0.3, 0.4) is 0 Å². The molecule has 4 heteroatoms. The summed E-state index contributed by atoms with van der Waals surface area (Å²) in [5, 5.41) is 0. The summed E-state index contributed by atoms with van der Waals surface area (Å²) in [6.07, 6.45) is 5.02. The molecule has 0 fully saturated rings. The van der Waals surface area contributed by atoms with E-state index in [0.717, 1.165) is 12.8 Å². The third kappa shape index (κ3) is 3.68. The van der Waals surface area contributed by atoms with Crippen molar-refractivity contribution >= 4 is 11.7 Å². The highest BCUT2D eigenvalue weighted by atomic mass is 16.5. The van der Waals surface area contributed by atoms with E-state index in [0.29, 0.717) is 0 Å². The highest BCUT2D eigenvalue weighted by Gasteiger charge is 2.15. The van der Waals surface area contributed by atoms with Crippen LogP contribution in [0, 0.1) is 0 Å². The average Bonchev–Trinajstić information content (AvgIpc) is 2.11. The number of unbranched alkanes of at least 4 members (excludes halogenated alkanes) is 1. The Morgan fingerprint density at radius 2 is 2.33 bits per heavy atom. The Labute approximate surface area is 71.5 Å². The van der Waals surface area contributed by atoms with Gasteiger partial charge in [-0.3, -0.25) is 0 Å². The van der Waals surface area contributed by atoms with E-state index in [1.165, 1.54) is 13.2 Å². The van der Waals surface area contributed by atoms with Crippen molar-refractivity contribution in [2.45, 2.75) is 19.8 Å². The monoisotopic (exact) mass is 168 g/mol. The number of methoxy groups -OCH3 is 1. The summed E-state index contributed by atoms with van der Waals surface area (Å²) >= 11 is 0. The lowest BCUT2D eigenvalue weighted by Crippen LogP contribution is -2.13. The van der Waals surface area contributed by atoms with Crippen LogP contribution in [0.1, 0.15) is 19.8 Å². The summed E-state index contributed by atoms with van der Waals surface area (Å²) in [6.45, 7) is 2.01. The fourth-order valence-corrected chi connectivity index (χ4v) is 0.608. The molecule has 12 heavy (non-hydrogen) atoms. The number of hydrogen-bond donors (Lipinski definition) is 0. The zero-order valence-corrected chi connectivity index (χ0v) is 7.28. The number of carbonyl (C=O) groups excluding carboxylic acids is 1. The van der Waals surface area contributed by atoms with E-state index in [2.05, 4.69) is 9.53 Å². The molecule has 0 rings (SSSR count). The molecule has 0 aromatic carbocycles. The molecule has 0 radical (unpaired) electrons. The van der Waals surface area contributed by atoms with Gasteiger partial charge in [0.15, 0.2) is 0 Å². The van der Waals surface area contributed by atoms with Crippen LogP contribution in [-0.4, -0.2) is 23.6 Å². The Balaban J connectivity index is 4.20. The molecular formula is C8H12N2O2. The van der Waals surface area contributed by atoms with Crippen molar-refractivity contribution in [3.05, 3.63) is 17.7 Å². The van der Waals surface area contributed by atoms with Crippen LogP contribution in [0.2, 0.25) is 0 Å². The third-order valence-corrected chi connectivity index (χ3v) is 1.23. The molecule has 0 atom stereocenters. The molecule has 0 N–H and O–H groups in total. The minimum atomic E-state index is -0.634. The fourth-order valence-electron chi connectivity index (χ4n) is 0.608. The van der Waals surface area contributed by atoms with Crippen molar-refractivity contribution in [2.75, 3.05) is 7.11 Å². The molecule has 0 aliphatic rings. The second-order valence-corrected chi connectivity index (χ2v) is 2.17. The maximum absolute atomic E-state index is 10.8. The second-order valence-electron chi connectivity index (χ2n) is 2.17. The van der Waals surface area contributed by atoms with Gasteiger partial charge in [-0.2, -0.15) is 4.79 Å². The summed E-state index contributed by atoms with van der Waals surface area (Å²) in [7, 11) is 1.24. The molecule has 0 aliphatic heterocycles. The Bertz CT molecular complexity index is 227. The van der Waals surface area contributed by atoms with Gasteiger partial charge in [0.05, 0.1) is 7.11 Å². The predicted molar refractivity (Wildman–Crippen MR) is 44.7 cm³/mol. The lowest BCUT2D eigenvalue weighted by molar-refractivity contribution is -0.137. The standard InChI is InChI=1S/C8H12N2O2/c1-3-4-5-6-7(10-9)8(11)12-2/h5-6H,3-4H2,1-2H3/b6-5+. The van der Waals surface area contributed by atoms with Gasteiger partial charge >= 0.3 is 11.7 Å². The molecule has 0 aromatic rings. The van der Waals surface area contributed by atoms with E-state index >= 15 is 0 Å². The summed E-state index contributed by atoms with van der Waals surface area (Å²) in [5.41, 5.74) is 8.28. The Kier molecular flexibility index (Phi) is 5.57. The van der Waals surface area contributed by atoms with Gasteiger partial charge in [0.1, 0.15) is 0 Å². The predicted octanol–water partition coefficient (Wildman–Crippen LogP) is 1.19. The van der Waals surface area contributed by atoms with Gasteiger partial charge in [-0.15, -0.1) is 0 Å². The van der Waals surface area contributed by atoms with E-state index in [4.69, 9.17) is 5.53 Å². The Morgan fingerprint density at radius 1 is 1.67 bits per heavy atom. The first-order valence-corrected chi connectivity index (χ1v) is 3.73. The molecule has 0 heterocycles. The molecule has 66 valence electrons. The lowest BCUT2D eigenvalue weighted by atomic mass is 10.2. The van der Waals surface area contributed by atoms with Gasteiger partial charge in [0.2, 0.25) is 0 Å². The molecule has 4 nitrogen and oxygen atoms in total. The van der Waals surface area contributed by atoms with Gasteiger partial charge in [-0.05, 0) is 6.42 Å². The van der Waals surface area contributed by atoms with Gasteiger partial charge < -0.3 is 10.3 Å². The molecule has 0 saturated carbocycles. The number of hydrogen-bond acceptors (Lipinski definition) is 2. The molecule has 0 aliphatic carbocycles. The number of allylic oxidation sites excluding steroid dienone is 1. The molecule has 0 bridgehead atoms. The van der Waals surface area contributed by atoms with Crippen molar-refractivity contribution in [1.82, 2.24) is 0 Å². The van der Waals surface area contributed by atoms with Crippen LogP contribution >= 0.6 is 0 Å². The highest BCUT2D eigenvalue weighted by Crippen LogP contribution is 1.89. The quantitative estimate of drug-likeness (QED) is 0.274. The largest absolute Gasteiger partial charge is 0.460 e. The average molecular weight is 168 g/mol. The normalized spacial score (nSPS) is 9.50. The minimum Gasteiger partial charge on any atom is -0.460 e. The van der Waals surface area contributed by atoms with E-state index in [9.17, 15) is 4.79 Å². The van der Waals surface area contributed by atoms with Crippen LogP contribution in [0.25, 0.3) is 5.53 Å². The fraction of sp³-hybridized carbons (Fsp3) is 0.500. The van der Waals surface area contributed by atoms with Crippen molar-refractivity contribution in [2.24, 2.45) is 0 Å². The summed E-state index contributed by atoms with van der Waals surface area (Å²) in [6, 6.07) is 0. The van der Waals surface area contributed by atoms with Crippen molar-refractivity contribution in [3.63, 3.8) is 0 Å². The first kappa shape index (κ1) is 10.6. The smallest absolute Gasteiger partial charge is 0.421 e. The van der Waals surface area contributed by atoms with Gasteiger partial charge in [0.25, 0.3) is 0 Å². The van der Waals surface area contributed by atoms with Gasteiger partial charge in [-0.1, -0.05) is 19.4 Å². The van der Waals surface area contributed by atoms with Gasteiger partial charge in [-0.25, -0.2) is 4.79 Å². The van der Waals surface area contributed by atoms with Crippen LogP contribution in [0.4, 0.5) is 0 Å². The molecule has 0 aromatic heterocycles. The first-order valence-electron chi connectivity index (χ1n) is 3.73. The second kappa shape index (κ2) is 6.31. The zero-order valence-electron chi connectivity index (χ0n) is 7.28. The summed E-state index contributed by atoms with van der Waals surface area (Å²) < 4.78 is 4.35. The summed E-state index contributed by atoms with van der Waals surface area (Å²) in [4.78, 5) is 13.6. The van der Waals surface area contributed by atoms with Crippen LogP contribution in [0.5, 0.6) is 0 Å². The van der Waals surface area contributed by atoms with E-state index in [1.807, 2.05) is 6.92 Å². The maximum Gasteiger partial charge on any atom is 0.421 e. The van der Waals surface area contributed by atoms with Gasteiger partial charge in [0, 0.05) is 6.08 Å². The first-order chi connectivity index (χ1) is 5.76. The van der Waals surface area contributed by atoms with Crippen molar-refractivity contribution in [1.29, 1.82) is 0 Å². The lowest BCUT2D eigenvalue weighted by Gasteiger charge is -1.87. The van der Waals surface area contributed by atoms with E-state index in [-0.39, 0.29) is 5.71 Å². The molecule has 0 unspecified atom stereocenters. The number of carbonyl (C=O) groups is 1. The Hall–Kier alpha value is -1.41.